The summed E-state index contributed by atoms with van der Waals surface area (Å²) in [6.07, 6.45) is -17.4. The minimum Gasteiger partial charge on any atom is -0.394 e. The number of rotatable bonds is 11. The molecule has 0 aromatic heterocycles. The fraction of sp³-hybridized carbons (Fsp3) is 0.957. The lowest BCUT2D eigenvalue weighted by Gasteiger charge is -2.48. The third-order valence-corrected chi connectivity index (χ3v) is 7.81. The van der Waals surface area contributed by atoms with Gasteiger partial charge < -0.3 is 82.9 Å². The van der Waals surface area contributed by atoms with Crippen molar-refractivity contribution in [3.63, 3.8) is 0 Å². The number of carbonyl (C=O) groups is 1. The summed E-state index contributed by atoms with van der Waals surface area (Å²) in [5, 5.41) is 85.6. The summed E-state index contributed by atoms with van der Waals surface area (Å²) in [5.41, 5.74) is 23.2. The van der Waals surface area contributed by atoms with E-state index in [0.29, 0.717) is 24.4 Å². The van der Waals surface area contributed by atoms with Crippen LogP contribution in [0.3, 0.4) is 0 Å². The van der Waals surface area contributed by atoms with Gasteiger partial charge in [0.25, 0.3) is 0 Å². The van der Waals surface area contributed by atoms with Crippen LogP contribution in [0.5, 0.6) is 0 Å². The van der Waals surface area contributed by atoms with Crippen LogP contribution in [0.25, 0.3) is 0 Å². The van der Waals surface area contributed by atoms with Crippen molar-refractivity contribution < 1.29 is 64.7 Å². The van der Waals surface area contributed by atoms with Crippen LogP contribution in [0.4, 0.5) is 4.79 Å². The lowest BCUT2D eigenvalue weighted by atomic mass is 9.83. The van der Waals surface area contributed by atoms with E-state index in [1.807, 2.05) is 0 Å². The summed E-state index contributed by atoms with van der Waals surface area (Å²) in [6, 6.07) is -4.45. The maximum Gasteiger partial charge on any atom is 0.341 e. The maximum atomic E-state index is 12.7. The van der Waals surface area contributed by atoms with Crippen molar-refractivity contribution in [1.29, 1.82) is 0 Å². The lowest BCUT2D eigenvalue weighted by Crippen LogP contribution is -2.69. The van der Waals surface area contributed by atoms with Crippen LogP contribution in [0.15, 0.2) is 0 Å². The van der Waals surface area contributed by atoms with E-state index in [0.717, 1.165) is 0 Å². The number of nitrogens with two attached hydrogens (primary N) is 4. The molecule has 19 nitrogen and oxygen atoms in total. The third-order valence-electron chi connectivity index (χ3n) is 7.81. The highest BCUT2D eigenvalue weighted by molar-refractivity contribution is 5.73. The van der Waals surface area contributed by atoms with Gasteiger partial charge in [-0.2, -0.15) is 0 Å². The highest BCUT2D eigenvalue weighted by Crippen LogP contribution is 2.32. The van der Waals surface area contributed by atoms with Crippen LogP contribution in [0, 0.1) is 0 Å². The number of urea groups is 1. The van der Waals surface area contributed by atoms with Crippen LogP contribution >= 0.6 is 0 Å². The number of unbranched alkanes of at least 4 members (excludes halogenated alkanes) is 1. The molecule has 2 aliphatic heterocycles. The second kappa shape index (κ2) is 15.6. The molecule has 3 rings (SSSR count). The molecule has 42 heavy (non-hydrogen) atoms. The van der Waals surface area contributed by atoms with Crippen LogP contribution < -0.4 is 28.3 Å². The average molecular weight is 615 g/mol. The first-order valence-corrected chi connectivity index (χ1v) is 13.8. The first-order chi connectivity index (χ1) is 19.9. The highest BCUT2D eigenvalue weighted by Gasteiger charge is 2.52. The van der Waals surface area contributed by atoms with Gasteiger partial charge in [0.2, 0.25) is 0 Å². The smallest absolute Gasteiger partial charge is 0.341 e. The number of amides is 2. The zero-order valence-electron chi connectivity index (χ0n) is 23.0. The molecule has 0 spiro atoms. The van der Waals surface area contributed by atoms with Gasteiger partial charge >= 0.3 is 6.03 Å². The zero-order valence-corrected chi connectivity index (χ0v) is 23.0. The number of nitrogens with one attached hydrogen (secondary N) is 1. The predicted octanol–water partition coefficient (Wildman–Crippen LogP) is -7.11. The Morgan fingerprint density at radius 1 is 0.833 bits per heavy atom. The van der Waals surface area contributed by atoms with E-state index in [4.69, 9.17) is 41.9 Å². The fourth-order valence-electron chi connectivity index (χ4n) is 5.24. The Balaban J connectivity index is 1.83. The number of ether oxygens (including phenoxy) is 4. The van der Waals surface area contributed by atoms with E-state index >= 15 is 0 Å². The Bertz CT molecular complexity index is 849. The van der Waals surface area contributed by atoms with Crippen LogP contribution in [-0.4, -0.2) is 170 Å². The van der Waals surface area contributed by atoms with Gasteiger partial charge in [0.15, 0.2) is 12.6 Å². The number of carbonyl (C=O) groups excluding carboxylic acids is 1. The van der Waals surface area contributed by atoms with Crippen LogP contribution in [-0.2, 0) is 18.9 Å². The lowest BCUT2D eigenvalue weighted by molar-refractivity contribution is -0.332. The van der Waals surface area contributed by atoms with Gasteiger partial charge in [-0.15, -0.1) is 0 Å². The summed E-state index contributed by atoms with van der Waals surface area (Å²) >= 11 is 0. The summed E-state index contributed by atoms with van der Waals surface area (Å²) < 4.78 is 22.6. The number of hydrogen-bond donors (Lipinski definition) is 13. The second-order valence-corrected chi connectivity index (χ2v) is 10.8. The molecular formula is C23H46N6O13. The number of nitrogens with zero attached hydrogens (tertiary/aromatic N) is 1. The van der Waals surface area contributed by atoms with Gasteiger partial charge in [0.05, 0.1) is 25.2 Å². The SMILES string of the molecule is NCCCCN(O)C(=O)N[C@H]1C[C@@H](N)[C@H](O[C@H]2O[C@H](CN)[C@@H](O)[C@H](O)[C@H]2O)[C@@H](O)[C@@H]1O[C@H]1O[C@H](CO)[C@@H](O)[C@H](N)[C@H]1O. The molecule has 3 aliphatic rings. The van der Waals surface area contributed by atoms with Gasteiger partial charge in [-0.05, 0) is 25.8 Å². The average Bonchev–Trinajstić information content (AvgIpc) is 2.96. The number of hydrogen-bond acceptors (Lipinski definition) is 17. The number of aliphatic hydroxyl groups excluding tert-OH is 7. The molecule has 17 N–H and O–H groups in total. The topological polar surface area (TPSA) is 335 Å². The highest BCUT2D eigenvalue weighted by atomic mass is 16.7. The van der Waals surface area contributed by atoms with Crippen molar-refractivity contribution in [2.24, 2.45) is 22.9 Å². The molecule has 1 saturated carbocycles. The van der Waals surface area contributed by atoms with E-state index in [1.165, 1.54) is 0 Å². The van der Waals surface area contributed by atoms with Crippen LogP contribution in [0.2, 0.25) is 0 Å². The number of hydroxylamine groups is 2. The molecule has 0 aromatic carbocycles. The first kappa shape index (κ1) is 35.1. The van der Waals surface area contributed by atoms with E-state index in [2.05, 4.69) is 5.32 Å². The minimum absolute atomic E-state index is 0.0512. The monoisotopic (exact) mass is 614 g/mol. The molecule has 2 heterocycles. The van der Waals surface area contributed by atoms with Crippen molar-refractivity contribution in [1.82, 2.24) is 10.4 Å². The van der Waals surface area contributed by atoms with Crippen LogP contribution in [0.1, 0.15) is 19.3 Å². The van der Waals surface area contributed by atoms with Crippen molar-refractivity contribution in [3.05, 3.63) is 0 Å². The van der Waals surface area contributed by atoms with Crippen molar-refractivity contribution in [2.45, 2.75) is 111 Å². The maximum absolute atomic E-state index is 12.7. The van der Waals surface area contributed by atoms with Crippen molar-refractivity contribution >= 4 is 6.03 Å². The quantitative estimate of drug-likeness (QED) is 0.0583. The van der Waals surface area contributed by atoms with E-state index in [9.17, 15) is 45.7 Å². The van der Waals surface area contributed by atoms with Crippen molar-refractivity contribution in [2.75, 3.05) is 26.2 Å². The van der Waals surface area contributed by atoms with E-state index in [1.54, 1.807) is 0 Å². The molecule has 0 radical (unpaired) electrons. The van der Waals surface area contributed by atoms with Gasteiger partial charge in [-0.25, -0.2) is 9.86 Å². The molecule has 1 aliphatic carbocycles. The Morgan fingerprint density at radius 2 is 1.45 bits per heavy atom. The predicted molar refractivity (Wildman–Crippen MR) is 139 cm³/mol. The summed E-state index contributed by atoms with van der Waals surface area (Å²) in [6.45, 7) is -0.610. The Kier molecular flexibility index (Phi) is 13.0. The van der Waals surface area contributed by atoms with Gasteiger partial charge in [-0.3, -0.25) is 5.21 Å². The Morgan fingerprint density at radius 3 is 2.07 bits per heavy atom. The zero-order chi connectivity index (χ0) is 31.3. The molecular weight excluding hydrogens is 568 g/mol. The molecule has 3 fully saturated rings. The molecule has 0 aromatic rings. The largest absolute Gasteiger partial charge is 0.394 e. The molecule has 19 heteroatoms. The third kappa shape index (κ3) is 7.82. The minimum atomic E-state index is -1.76. The molecule has 246 valence electrons. The Hall–Kier alpha value is -1.37. The fourth-order valence-corrected chi connectivity index (χ4v) is 5.24. The second-order valence-electron chi connectivity index (χ2n) is 10.8. The molecule has 0 unspecified atom stereocenters. The van der Waals surface area contributed by atoms with Gasteiger partial charge in [-0.1, -0.05) is 0 Å². The van der Waals surface area contributed by atoms with Crippen molar-refractivity contribution in [3.8, 4) is 0 Å². The molecule has 0 bridgehead atoms. The standard InChI is InChI=1S/C23H46N6O13/c24-3-1-2-4-29(38)23(37)28-9-5-8(26)19(41-22-17(35)16(34)14(32)10(6-25)39-22)18(36)20(9)42-21-15(33)12(27)13(31)11(7-30)40-21/h8-22,30-36,38H,1-7,24-27H2,(H,28,37)/t8-,9+,10-,11-,12+,13-,14-,15-,16+,17-,18-,19+,20-,21-,22-/m1/s1. The van der Waals surface area contributed by atoms with E-state index < -0.39 is 104 Å². The van der Waals surface area contributed by atoms with Gasteiger partial charge in [0, 0.05) is 12.6 Å². The first-order valence-electron chi connectivity index (χ1n) is 13.8. The summed E-state index contributed by atoms with van der Waals surface area (Å²) in [4.78, 5) is 12.7. The number of aliphatic hydroxyl groups is 7. The molecule has 2 saturated heterocycles. The summed E-state index contributed by atoms with van der Waals surface area (Å²) in [5.74, 6) is 0. The normalized spacial score (nSPS) is 44.5. The van der Waals surface area contributed by atoms with E-state index in [-0.39, 0.29) is 19.5 Å². The Labute approximate surface area is 241 Å². The van der Waals surface area contributed by atoms with Gasteiger partial charge in [0.1, 0.15) is 61.0 Å². The molecule has 2 amide bonds. The molecule has 15 atom stereocenters. The summed E-state index contributed by atoms with van der Waals surface area (Å²) in [7, 11) is 0.